The zero-order valence-electron chi connectivity index (χ0n) is 11.8. The molecule has 0 bridgehead atoms. The third-order valence-electron chi connectivity index (χ3n) is 2.53. The Bertz CT molecular complexity index is 585. The summed E-state index contributed by atoms with van der Waals surface area (Å²) in [7, 11) is 3.84. The van der Waals surface area contributed by atoms with E-state index in [0.717, 1.165) is 5.69 Å². The average molecular weight is 288 g/mol. The van der Waals surface area contributed by atoms with E-state index in [1.807, 2.05) is 31.1 Å². The molecule has 21 heavy (non-hydrogen) atoms. The molecule has 3 N–H and O–H groups in total. The van der Waals surface area contributed by atoms with Crippen molar-refractivity contribution in [3.05, 3.63) is 36.0 Å². The van der Waals surface area contributed by atoms with Gasteiger partial charge in [0.2, 0.25) is 0 Å². The lowest BCUT2D eigenvalue weighted by atomic mass is 10.2. The lowest BCUT2D eigenvalue weighted by Gasteiger charge is -2.12. The molecule has 7 heteroatoms. The zero-order valence-corrected chi connectivity index (χ0v) is 11.8. The number of carbonyl (C=O) groups excluding carboxylic acids is 1. The summed E-state index contributed by atoms with van der Waals surface area (Å²) in [5.74, 6) is -1.91. The number of aliphatic carboxylic acids is 1. The van der Waals surface area contributed by atoms with Crippen LogP contribution in [-0.4, -0.2) is 37.6 Å². The first-order valence-corrected chi connectivity index (χ1v) is 6.08. The molecule has 0 saturated carbocycles. The fourth-order valence-electron chi connectivity index (χ4n) is 1.41. The van der Waals surface area contributed by atoms with Gasteiger partial charge in [-0.2, -0.15) is 5.26 Å². The predicted molar refractivity (Wildman–Crippen MR) is 78.7 cm³/mol. The largest absolute Gasteiger partial charge is 0.480 e. The Morgan fingerprint density at radius 1 is 1.33 bits per heavy atom. The highest BCUT2D eigenvalue weighted by Gasteiger charge is 2.09. The number of carboxylic acids is 1. The van der Waals surface area contributed by atoms with Crippen molar-refractivity contribution in [2.75, 3.05) is 30.9 Å². The monoisotopic (exact) mass is 288 g/mol. The second-order valence-corrected chi connectivity index (χ2v) is 4.33. The van der Waals surface area contributed by atoms with Crippen molar-refractivity contribution in [2.45, 2.75) is 0 Å². The summed E-state index contributed by atoms with van der Waals surface area (Å²) in [4.78, 5) is 23.8. The quantitative estimate of drug-likeness (QED) is 0.527. The van der Waals surface area contributed by atoms with Gasteiger partial charge in [0.15, 0.2) is 0 Å². The number of nitriles is 1. The van der Waals surface area contributed by atoms with Crippen LogP contribution < -0.4 is 15.5 Å². The van der Waals surface area contributed by atoms with Gasteiger partial charge in [0, 0.05) is 31.7 Å². The van der Waals surface area contributed by atoms with E-state index in [4.69, 9.17) is 10.4 Å². The minimum atomic E-state index is -1.17. The second kappa shape index (κ2) is 7.55. The molecule has 0 unspecified atom stereocenters. The summed E-state index contributed by atoms with van der Waals surface area (Å²) in [5, 5.41) is 22.3. The van der Waals surface area contributed by atoms with E-state index < -0.39 is 18.4 Å². The highest BCUT2D eigenvalue weighted by Crippen LogP contribution is 2.15. The van der Waals surface area contributed by atoms with E-state index in [-0.39, 0.29) is 5.57 Å². The normalized spacial score (nSPS) is 10.4. The van der Waals surface area contributed by atoms with Crippen LogP contribution in [0.5, 0.6) is 0 Å². The molecule has 1 amide bonds. The van der Waals surface area contributed by atoms with Crippen LogP contribution in [0.1, 0.15) is 0 Å². The van der Waals surface area contributed by atoms with Crippen molar-refractivity contribution in [1.82, 2.24) is 5.32 Å². The van der Waals surface area contributed by atoms with E-state index in [1.54, 1.807) is 18.2 Å². The number of carbonyl (C=O) groups is 2. The molecule has 1 rings (SSSR count). The van der Waals surface area contributed by atoms with E-state index in [9.17, 15) is 9.59 Å². The van der Waals surface area contributed by atoms with Crippen LogP contribution in [0.4, 0.5) is 11.4 Å². The zero-order chi connectivity index (χ0) is 15.8. The Morgan fingerprint density at radius 3 is 2.43 bits per heavy atom. The molecular weight excluding hydrogens is 272 g/mol. The third-order valence-corrected chi connectivity index (χ3v) is 2.53. The standard InChI is InChI=1S/C14H16N4O3/c1-18(2)12-5-3-11(4-6-12)16-8-10(7-15)14(21)17-9-13(19)20/h3-6,8,16H,9H2,1-2H3,(H,17,21)(H,19,20)/b10-8-. The van der Waals surface area contributed by atoms with Gasteiger partial charge in [-0.3, -0.25) is 9.59 Å². The van der Waals surface area contributed by atoms with Crippen molar-refractivity contribution < 1.29 is 14.7 Å². The highest BCUT2D eigenvalue weighted by atomic mass is 16.4. The highest BCUT2D eigenvalue weighted by molar-refractivity contribution is 5.98. The van der Waals surface area contributed by atoms with Gasteiger partial charge in [0.1, 0.15) is 18.2 Å². The third kappa shape index (κ3) is 5.24. The van der Waals surface area contributed by atoms with Gasteiger partial charge in [-0.15, -0.1) is 0 Å². The summed E-state index contributed by atoms with van der Waals surface area (Å²) in [6.45, 7) is -0.532. The molecule has 0 aliphatic carbocycles. The Balaban J connectivity index is 2.70. The van der Waals surface area contributed by atoms with Crippen molar-refractivity contribution in [2.24, 2.45) is 0 Å². The van der Waals surface area contributed by atoms with Crippen LogP contribution >= 0.6 is 0 Å². The van der Waals surface area contributed by atoms with Crippen molar-refractivity contribution in [3.8, 4) is 6.07 Å². The van der Waals surface area contributed by atoms with Crippen LogP contribution in [0.25, 0.3) is 0 Å². The fourth-order valence-corrected chi connectivity index (χ4v) is 1.41. The smallest absolute Gasteiger partial charge is 0.322 e. The predicted octanol–water partition coefficient (Wildman–Crippen LogP) is 0.773. The second-order valence-electron chi connectivity index (χ2n) is 4.33. The lowest BCUT2D eigenvalue weighted by Crippen LogP contribution is -2.30. The maximum Gasteiger partial charge on any atom is 0.322 e. The molecule has 1 aromatic rings. The summed E-state index contributed by atoms with van der Waals surface area (Å²) < 4.78 is 0. The maximum absolute atomic E-state index is 11.5. The van der Waals surface area contributed by atoms with Crippen molar-refractivity contribution in [3.63, 3.8) is 0 Å². The molecule has 0 atom stereocenters. The van der Waals surface area contributed by atoms with E-state index >= 15 is 0 Å². The molecular formula is C14H16N4O3. The molecule has 1 aromatic carbocycles. The van der Waals surface area contributed by atoms with Crippen LogP contribution in [-0.2, 0) is 9.59 Å². The van der Waals surface area contributed by atoms with Crippen molar-refractivity contribution >= 4 is 23.3 Å². The SMILES string of the molecule is CN(C)c1ccc(N/C=C(/C#N)C(=O)NCC(=O)O)cc1. The first-order valence-electron chi connectivity index (χ1n) is 6.08. The van der Waals surface area contributed by atoms with Crippen LogP contribution in [0.15, 0.2) is 36.0 Å². The molecule has 0 spiro atoms. The average Bonchev–Trinajstić information content (AvgIpc) is 2.46. The van der Waals surface area contributed by atoms with Gasteiger partial charge in [-0.1, -0.05) is 0 Å². The molecule has 7 nitrogen and oxygen atoms in total. The summed E-state index contributed by atoms with van der Waals surface area (Å²) in [5.41, 5.74) is 1.52. The van der Waals surface area contributed by atoms with Gasteiger partial charge in [-0.05, 0) is 24.3 Å². The first kappa shape index (κ1) is 16.0. The van der Waals surface area contributed by atoms with Gasteiger partial charge in [-0.25, -0.2) is 0 Å². The molecule has 0 aliphatic heterocycles. The molecule has 0 fully saturated rings. The topological polar surface area (TPSA) is 105 Å². The number of hydrogen-bond acceptors (Lipinski definition) is 5. The first-order chi connectivity index (χ1) is 9.93. The number of rotatable bonds is 6. The Labute approximate surface area is 122 Å². The summed E-state index contributed by atoms with van der Waals surface area (Å²) >= 11 is 0. The number of nitrogens with one attached hydrogen (secondary N) is 2. The van der Waals surface area contributed by atoms with Gasteiger partial charge >= 0.3 is 5.97 Å². The van der Waals surface area contributed by atoms with Gasteiger partial charge in [0.25, 0.3) is 5.91 Å². The number of nitrogens with zero attached hydrogens (tertiary/aromatic N) is 2. The number of carboxylic acid groups (broad SMARTS) is 1. The van der Waals surface area contributed by atoms with Crippen LogP contribution in [0.2, 0.25) is 0 Å². The van der Waals surface area contributed by atoms with Crippen LogP contribution in [0.3, 0.4) is 0 Å². The molecule has 0 saturated heterocycles. The Morgan fingerprint density at radius 2 is 1.95 bits per heavy atom. The number of anilines is 2. The van der Waals surface area contributed by atoms with Gasteiger partial charge in [0.05, 0.1) is 0 Å². The minimum Gasteiger partial charge on any atom is -0.480 e. The lowest BCUT2D eigenvalue weighted by molar-refractivity contribution is -0.137. The van der Waals surface area contributed by atoms with Crippen LogP contribution in [0, 0.1) is 11.3 Å². The minimum absolute atomic E-state index is 0.201. The molecule has 0 radical (unpaired) electrons. The molecule has 0 aromatic heterocycles. The summed E-state index contributed by atoms with van der Waals surface area (Å²) in [6, 6.07) is 9.08. The van der Waals surface area contributed by atoms with Crippen molar-refractivity contribution in [1.29, 1.82) is 5.26 Å². The number of amides is 1. The Hall–Kier alpha value is -3.01. The number of hydrogen-bond donors (Lipinski definition) is 3. The molecule has 110 valence electrons. The van der Waals surface area contributed by atoms with E-state index in [0.29, 0.717) is 5.69 Å². The molecule has 0 aliphatic rings. The number of benzene rings is 1. The Kier molecular flexibility index (Phi) is 5.77. The maximum atomic E-state index is 11.5. The fraction of sp³-hybridized carbons (Fsp3) is 0.214. The van der Waals surface area contributed by atoms with E-state index in [1.165, 1.54) is 6.20 Å². The molecule has 0 heterocycles. The van der Waals surface area contributed by atoms with Gasteiger partial charge < -0.3 is 20.6 Å². The summed E-state index contributed by atoms with van der Waals surface area (Å²) in [6.07, 6.45) is 1.24. The van der Waals surface area contributed by atoms with E-state index in [2.05, 4.69) is 10.6 Å².